The first-order valence-corrected chi connectivity index (χ1v) is 2.05. The van der Waals surface area contributed by atoms with E-state index in [1.54, 1.807) is 0 Å². The fourth-order valence-electron chi connectivity index (χ4n) is 0.224. The van der Waals surface area contributed by atoms with Gasteiger partial charge in [-0.05, 0) is 0 Å². The predicted molar refractivity (Wildman–Crippen MR) is 24.4 cm³/mol. The van der Waals surface area contributed by atoms with E-state index in [9.17, 15) is 0 Å². The average molecular weight is 120 g/mol. The molecule has 0 aliphatic heterocycles. The van der Waals surface area contributed by atoms with Crippen molar-refractivity contribution >= 4 is 0 Å². The third-order valence-corrected chi connectivity index (χ3v) is 0.447. The third kappa shape index (κ3) is 8.82. The molecule has 2 heteroatoms. The molecule has 0 aromatic rings. The van der Waals surface area contributed by atoms with Crippen molar-refractivity contribution in [2.75, 3.05) is 13.1 Å². The second-order valence-electron chi connectivity index (χ2n) is 0.856. The molecule has 0 unspecified atom stereocenters. The smallest absolute Gasteiger partial charge is 0.663 e. The summed E-state index contributed by atoms with van der Waals surface area (Å²) in [4.78, 5) is 0. The van der Waals surface area contributed by atoms with Crippen molar-refractivity contribution in [3.8, 4) is 0 Å². The summed E-state index contributed by atoms with van der Waals surface area (Å²) < 4.78 is 0. The topological polar surface area (TPSA) is 14.1 Å². The quantitative estimate of drug-likeness (QED) is 0.489. The SMILES string of the molecule is CC[N-]CC.[Ti+2]. The Balaban J connectivity index is 0. The summed E-state index contributed by atoms with van der Waals surface area (Å²) >= 11 is 0. The molecule has 34 valence electrons. The molecular weight excluding hydrogens is 110 g/mol. The minimum Gasteiger partial charge on any atom is -0.663 e. The zero-order valence-electron chi connectivity index (χ0n) is 4.36. The largest absolute Gasteiger partial charge is 2.00 e. The van der Waals surface area contributed by atoms with Crippen LogP contribution in [0, 0.1) is 0 Å². The molecule has 0 fully saturated rings. The Morgan fingerprint density at radius 1 is 1.17 bits per heavy atom. The van der Waals surface area contributed by atoms with Gasteiger partial charge < -0.3 is 5.32 Å². The first-order chi connectivity index (χ1) is 2.41. The molecule has 0 saturated carbocycles. The summed E-state index contributed by atoms with van der Waals surface area (Å²) in [5, 5.41) is 3.97. The van der Waals surface area contributed by atoms with Crippen LogP contribution in [0.25, 0.3) is 5.32 Å². The minimum absolute atomic E-state index is 0. The maximum Gasteiger partial charge on any atom is 2.00 e. The van der Waals surface area contributed by atoms with E-state index in [4.69, 9.17) is 0 Å². The van der Waals surface area contributed by atoms with Crippen LogP contribution in [-0.2, 0) is 21.7 Å². The van der Waals surface area contributed by atoms with Crippen molar-refractivity contribution in [3.63, 3.8) is 0 Å². The second kappa shape index (κ2) is 9.18. The fourth-order valence-corrected chi connectivity index (χ4v) is 0.224. The Morgan fingerprint density at radius 2 is 1.50 bits per heavy atom. The molecule has 0 atom stereocenters. The summed E-state index contributed by atoms with van der Waals surface area (Å²) in [7, 11) is 0. The van der Waals surface area contributed by atoms with Gasteiger partial charge >= 0.3 is 21.7 Å². The molecule has 0 bridgehead atoms. The van der Waals surface area contributed by atoms with Gasteiger partial charge in [0.05, 0.1) is 0 Å². The van der Waals surface area contributed by atoms with Gasteiger partial charge in [-0.15, -0.1) is 0 Å². The van der Waals surface area contributed by atoms with Crippen molar-refractivity contribution < 1.29 is 21.7 Å². The summed E-state index contributed by atoms with van der Waals surface area (Å²) in [6.07, 6.45) is 0. The van der Waals surface area contributed by atoms with Gasteiger partial charge in [-0.25, -0.2) is 0 Å². The fraction of sp³-hybridized carbons (Fsp3) is 1.00. The molecule has 0 aromatic heterocycles. The van der Waals surface area contributed by atoms with Crippen LogP contribution in [-0.4, -0.2) is 13.1 Å². The summed E-state index contributed by atoms with van der Waals surface area (Å²) in [5.74, 6) is 0. The van der Waals surface area contributed by atoms with Crippen molar-refractivity contribution in [1.82, 2.24) is 0 Å². The van der Waals surface area contributed by atoms with Crippen molar-refractivity contribution in [2.24, 2.45) is 0 Å². The van der Waals surface area contributed by atoms with Gasteiger partial charge in [-0.3, -0.25) is 0 Å². The Morgan fingerprint density at radius 3 is 1.50 bits per heavy atom. The van der Waals surface area contributed by atoms with Gasteiger partial charge in [0.1, 0.15) is 0 Å². The molecule has 0 N–H and O–H groups in total. The molecule has 1 nitrogen and oxygen atoms in total. The molecule has 0 aromatic carbocycles. The van der Waals surface area contributed by atoms with E-state index in [1.807, 2.05) is 13.8 Å². The van der Waals surface area contributed by atoms with Gasteiger partial charge in [-0.2, -0.15) is 13.1 Å². The molecular formula is C4H10NTi+. The van der Waals surface area contributed by atoms with Crippen LogP contribution >= 0.6 is 0 Å². The molecule has 0 aliphatic carbocycles. The van der Waals surface area contributed by atoms with Crippen LogP contribution in [0.2, 0.25) is 0 Å². The van der Waals surface area contributed by atoms with Gasteiger partial charge in [0, 0.05) is 0 Å². The van der Waals surface area contributed by atoms with Crippen molar-refractivity contribution in [1.29, 1.82) is 0 Å². The molecule has 0 aliphatic rings. The summed E-state index contributed by atoms with van der Waals surface area (Å²) in [5.41, 5.74) is 0. The van der Waals surface area contributed by atoms with Crippen LogP contribution in [0.5, 0.6) is 0 Å². The van der Waals surface area contributed by atoms with Crippen LogP contribution in [0.4, 0.5) is 0 Å². The Kier molecular flexibility index (Phi) is 15.1. The molecule has 0 heterocycles. The predicted octanol–water partition coefficient (Wildman–Crippen LogP) is 1.40. The van der Waals surface area contributed by atoms with Gasteiger partial charge in [0.2, 0.25) is 0 Å². The average Bonchev–Trinajstić information content (AvgIpc) is 1.41. The van der Waals surface area contributed by atoms with E-state index in [0.29, 0.717) is 0 Å². The van der Waals surface area contributed by atoms with Gasteiger partial charge in [0.15, 0.2) is 0 Å². The Hall–Kier alpha value is 0.674. The number of rotatable bonds is 2. The first-order valence-electron chi connectivity index (χ1n) is 2.05. The molecule has 0 radical (unpaired) electrons. The zero-order chi connectivity index (χ0) is 4.12. The van der Waals surface area contributed by atoms with E-state index in [0.717, 1.165) is 13.1 Å². The van der Waals surface area contributed by atoms with Crippen LogP contribution < -0.4 is 0 Å². The van der Waals surface area contributed by atoms with Crippen LogP contribution in [0.15, 0.2) is 0 Å². The first kappa shape index (κ1) is 9.84. The van der Waals surface area contributed by atoms with Crippen molar-refractivity contribution in [2.45, 2.75) is 13.8 Å². The standard InChI is InChI=1S/C4H10N.Ti/c1-3-5-4-2;/h3-4H2,1-2H3;/q-1;+2. The summed E-state index contributed by atoms with van der Waals surface area (Å²) in [6.45, 7) is 6.03. The van der Waals surface area contributed by atoms with Crippen LogP contribution in [0.3, 0.4) is 0 Å². The number of nitrogens with zero attached hydrogens (tertiary/aromatic N) is 1. The monoisotopic (exact) mass is 120 g/mol. The van der Waals surface area contributed by atoms with E-state index in [2.05, 4.69) is 5.32 Å². The van der Waals surface area contributed by atoms with E-state index in [-0.39, 0.29) is 21.7 Å². The molecule has 0 saturated heterocycles. The van der Waals surface area contributed by atoms with Crippen molar-refractivity contribution in [3.05, 3.63) is 5.32 Å². The maximum atomic E-state index is 3.97. The van der Waals surface area contributed by atoms with Crippen LogP contribution in [0.1, 0.15) is 13.8 Å². The minimum atomic E-state index is 0. The van der Waals surface area contributed by atoms with E-state index in [1.165, 1.54) is 0 Å². The van der Waals surface area contributed by atoms with E-state index < -0.39 is 0 Å². The molecule has 0 amide bonds. The maximum absolute atomic E-state index is 3.97. The summed E-state index contributed by atoms with van der Waals surface area (Å²) in [6, 6.07) is 0. The molecule has 6 heavy (non-hydrogen) atoms. The molecule has 0 rings (SSSR count). The van der Waals surface area contributed by atoms with Gasteiger partial charge in [0.25, 0.3) is 0 Å². The van der Waals surface area contributed by atoms with Gasteiger partial charge in [-0.1, -0.05) is 13.8 Å². The number of hydrogen-bond donors (Lipinski definition) is 0. The second-order valence-corrected chi connectivity index (χ2v) is 0.856. The number of hydrogen-bond acceptors (Lipinski definition) is 0. The Labute approximate surface area is 54.4 Å². The van der Waals surface area contributed by atoms with E-state index >= 15 is 0 Å². The molecule has 0 spiro atoms. The zero-order valence-corrected chi connectivity index (χ0v) is 5.92. The third-order valence-electron chi connectivity index (χ3n) is 0.447. The normalized spacial score (nSPS) is 7.00. The Bertz CT molecular complexity index is 15.0.